The molecule has 3 nitrogen and oxygen atoms in total. The summed E-state index contributed by atoms with van der Waals surface area (Å²) in [5.41, 5.74) is 5.78. The van der Waals surface area contributed by atoms with Gasteiger partial charge in [-0.1, -0.05) is 11.6 Å². The van der Waals surface area contributed by atoms with E-state index < -0.39 is 0 Å². The number of rotatable bonds is 2. The monoisotopic (exact) mass is 291 g/mol. The Morgan fingerprint density at radius 2 is 2.36 bits per heavy atom. The first-order chi connectivity index (χ1) is 6.66. The van der Waals surface area contributed by atoms with Crippen LogP contribution in [0.25, 0.3) is 0 Å². The average Bonchev–Trinajstić information content (AvgIpc) is 2.67. The highest BCUT2D eigenvalue weighted by Gasteiger charge is 2.06. The highest BCUT2D eigenvalue weighted by molar-refractivity contribution is 9.10. The summed E-state index contributed by atoms with van der Waals surface area (Å²) in [7, 11) is 0. The molecule has 0 bridgehead atoms. The highest BCUT2D eigenvalue weighted by Crippen LogP contribution is 2.24. The van der Waals surface area contributed by atoms with Gasteiger partial charge in [0.2, 0.25) is 0 Å². The van der Waals surface area contributed by atoms with Crippen molar-refractivity contribution in [2.75, 3.05) is 5.73 Å². The van der Waals surface area contributed by atoms with Crippen LogP contribution in [0.2, 0.25) is 4.34 Å². The van der Waals surface area contributed by atoms with Gasteiger partial charge in [0.1, 0.15) is 5.82 Å². The summed E-state index contributed by atoms with van der Waals surface area (Å²) < 4.78 is 3.33. The highest BCUT2D eigenvalue weighted by atomic mass is 79.9. The van der Waals surface area contributed by atoms with Crippen molar-refractivity contribution in [3.63, 3.8) is 0 Å². The summed E-state index contributed by atoms with van der Waals surface area (Å²) in [6.45, 7) is 0.662. The van der Waals surface area contributed by atoms with Gasteiger partial charge in [-0.25, -0.2) is 4.68 Å². The van der Waals surface area contributed by atoms with Crippen molar-refractivity contribution in [3.05, 3.63) is 32.0 Å². The fourth-order valence-corrected chi connectivity index (χ4v) is 2.45. The van der Waals surface area contributed by atoms with Crippen LogP contribution in [0.15, 0.2) is 22.8 Å². The largest absolute Gasteiger partial charge is 0.383 e. The zero-order valence-corrected chi connectivity index (χ0v) is 10.2. The lowest BCUT2D eigenvalue weighted by Gasteiger charge is -2.00. The third-order valence-electron chi connectivity index (χ3n) is 1.77. The van der Waals surface area contributed by atoms with Crippen LogP contribution in [0.1, 0.15) is 4.88 Å². The maximum Gasteiger partial charge on any atom is 0.136 e. The molecule has 2 rings (SSSR count). The van der Waals surface area contributed by atoms with E-state index in [4.69, 9.17) is 17.3 Å². The molecule has 74 valence electrons. The molecule has 2 aromatic rings. The number of hydrogen-bond acceptors (Lipinski definition) is 3. The lowest BCUT2D eigenvalue weighted by atomic mass is 10.5. The number of thiophene rings is 1. The lowest BCUT2D eigenvalue weighted by molar-refractivity contribution is 0.705. The lowest BCUT2D eigenvalue weighted by Crippen LogP contribution is -2.04. The van der Waals surface area contributed by atoms with Crippen molar-refractivity contribution in [2.24, 2.45) is 0 Å². The Balaban J connectivity index is 2.22. The standard InChI is InChI=1S/C8H7BrClN3S/c9-6-3-12-13(8(6)11)4-5-1-2-7(10)14-5/h1-3H,4,11H2. The van der Waals surface area contributed by atoms with Gasteiger partial charge >= 0.3 is 0 Å². The quantitative estimate of drug-likeness (QED) is 0.925. The Hall–Kier alpha value is -0.520. The van der Waals surface area contributed by atoms with E-state index in [1.807, 2.05) is 12.1 Å². The molecule has 14 heavy (non-hydrogen) atoms. The maximum atomic E-state index is 5.82. The summed E-state index contributed by atoms with van der Waals surface area (Å²) in [4.78, 5) is 1.14. The smallest absolute Gasteiger partial charge is 0.136 e. The second-order valence-electron chi connectivity index (χ2n) is 2.74. The van der Waals surface area contributed by atoms with Crippen LogP contribution >= 0.6 is 38.9 Å². The van der Waals surface area contributed by atoms with Crippen LogP contribution in [0.4, 0.5) is 5.82 Å². The summed E-state index contributed by atoms with van der Waals surface area (Å²) in [6, 6.07) is 3.85. The van der Waals surface area contributed by atoms with Gasteiger partial charge in [0.05, 0.1) is 21.6 Å². The normalized spacial score (nSPS) is 10.7. The number of aromatic nitrogens is 2. The Kier molecular flexibility index (Phi) is 2.80. The van der Waals surface area contributed by atoms with Gasteiger partial charge in [0.15, 0.2) is 0 Å². The van der Waals surface area contributed by atoms with Crippen molar-refractivity contribution < 1.29 is 0 Å². The average molecular weight is 293 g/mol. The predicted molar refractivity (Wildman–Crippen MR) is 62.8 cm³/mol. The minimum Gasteiger partial charge on any atom is -0.383 e. The third kappa shape index (κ3) is 1.94. The Labute approximate surface area is 98.6 Å². The first-order valence-electron chi connectivity index (χ1n) is 3.88. The Morgan fingerprint density at radius 1 is 1.57 bits per heavy atom. The predicted octanol–water partition coefficient (Wildman–Crippen LogP) is 2.99. The number of hydrogen-bond donors (Lipinski definition) is 1. The summed E-state index contributed by atoms with van der Waals surface area (Å²) >= 11 is 10.7. The van der Waals surface area contributed by atoms with E-state index in [-0.39, 0.29) is 0 Å². The summed E-state index contributed by atoms with van der Waals surface area (Å²) in [6.07, 6.45) is 1.69. The summed E-state index contributed by atoms with van der Waals surface area (Å²) in [5.74, 6) is 0.634. The molecule has 2 N–H and O–H groups in total. The van der Waals surface area contributed by atoms with Gasteiger partial charge in [0, 0.05) is 4.88 Å². The number of nitrogens with two attached hydrogens (primary N) is 1. The van der Waals surface area contributed by atoms with E-state index in [0.29, 0.717) is 12.4 Å². The molecule has 0 aliphatic heterocycles. The second kappa shape index (κ2) is 3.92. The molecule has 0 fully saturated rings. The molecule has 6 heteroatoms. The van der Waals surface area contributed by atoms with E-state index in [0.717, 1.165) is 13.7 Å². The fraction of sp³-hybridized carbons (Fsp3) is 0.125. The zero-order chi connectivity index (χ0) is 10.1. The van der Waals surface area contributed by atoms with Crippen molar-refractivity contribution in [1.82, 2.24) is 9.78 Å². The molecule has 2 aromatic heterocycles. The maximum absolute atomic E-state index is 5.82. The van der Waals surface area contributed by atoms with Crippen molar-refractivity contribution in [2.45, 2.75) is 6.54 Å². The molecule has 0 radical (unpaired) electrons. The number of anilines is 1. The van der Waals surface area contributed by atoms with Crippen molar-refractivity contribution in [1.29, 1.82) is 0 Å². The van der Waals surface area contributed by atoms with E-state index in [9.17, 15) is 0 Å². The molecular formula is C8H7BrClN3S. The van der Waals surface area contributed by atoms with E-state index >= 15 is 0 Å². The Bertz CT molecular complexity index is 451. The number of nitrogen functional groups attached to an aromatic ring is 1. The van der Waals surface area contributed by atoms with Crippen LogP contribution in [0, 0.1) is 0 Å². The van der Waals surface area contributed by atoms with Gasteiger partial charge in [-0.2, -0.15) is 5.10 Å². The van der Waals surface area contributed by atoms with E-state index in [1.54, 1.807) is 10.9 Å². The molecule has 0 saturated heterocycles. The molecule has 0 amide bonds. The Morgan fingerprint density at radius 3 is 2.86 bits per heavy atom. The van der Waals surface area contributed by atoms with E-state index in [1.165, 1.54) is 11.3 Å². The topological polar surface area (TPSA) is 43.8 Å². The molecule has 0 spiro atoms. The first-order valence-corrected chi connectivity index (χ1v) is 5.86. The molecular weight excluding hydrogens is 286 g/mol. The summed E-state index contributed by atoms with van der Waals surface area (Å²) in [5, 5.41) is 4.13. The van der Waals surface area contributed by atoms with Gasteiger partial charge in [-0.05, 0) is 28.1 Å². The van der Waals surface area contributed by atoms with Crippen LogP contribution < -0.4 is 5.73 Å². The first kappa shape index (κ1) is 10.0. The minimum absolute atomic E-state index is 0.634. The number of halogens is 2. The molecule has 0 saturated carbocycles. The van der Waals surface area contributed by atoms with E-state index in [2.05, 4.69) is 21.0 Å². The third-order valence-corrected chi connectivity index (χ3v) is 3.59. The van der Waals surface area contributed by atoms with Gasteiger partial charge in [-0.15, -0.1) is 11.3 Å². The fourth-order valence-electron chi connectivity index (χ4n) is 1.08. The molecule has 2 heterocycles. The molecule has 0 aliphatic rings. The van der Waals surface area contributed by atoms with Crippen LogP contribution in [0.5, 0.6) is 0 Å². The SMILES string of the molecule is Nc1c(Br)cnn1Cc1ccc(Cl)s1. The van der Waals surface area contributed by atoms with Gasteiger partial charge in [-0.3, -0.25) is 0 Å². The van der Waals surface area contributed by atoms with Crippen LogP contribution in [-0.2, 0) is 6.54 Å². The van der Waals surface area contributed by atoms with Crippen LogP contribution in [-0.4, -0.2) is 9.78 Å². The minimum atomic E-state index is 0.634. The molecule has 0 atom stereocenters. The van der Waals surface area contributed by atoms with Crippen molar-refractivity contribution >= 4 is 44.7 Å². The second-order valence-corrected chi connectivity index (χ2v) is 5.40. The molecule has 0 aliphatic carbocycles. The van der Waals surface area contributed by atoms with Crippen molar-refractivity contribution in [3.8, 4) is 0 Å². The molecule has 0 unspecified atom stereocenters. The van der Waals surface area contributed by atoms with Gasteiger partial charge in [0.25, 0.3) is 0 Å². The molecule has 0 aromatic carbocycles. The van der Waals surface area contributed by atoms with Gasteiger partial charge < -0.3 is 5.73 Å². The zero-order valence-electron chi connectivity index (χ0n) is 7.08. The van der Waals surface area contributed by atoms with Crippen LogP contribution in [0.3, 0.4) is 0 Å². The number of nitrogens with zero attached hydrogens (tertiary/aromatic N) is 2.